The standard InChI is InChI=1S/C16H18O4/c1-14(2,3)20-13(18)16-9-15(16,10-19-12(16)17)11-7-5-4-6-8-11/h4-8H,9-10H2,1-3H3/t15?,16-/m1/s1. The van der Waals surface area contributed by atoms with E-state index in [1.165, 1.54) is 0 Å². The first-order valence-corrected chi connectivity index (χ1v) is 6.78. The highest BCUT2D eigenvalue weighted by Gasteiger charge is 2.83. The van der Waals surface area contributed by atoms with E-state index in [0.717, 1.165) is 5.56 Å². The molecule has 1 aliphatic carbocycles. The molecule has 4 heteroatoms. The van der Waals surface area contributed by atoms with Crippen LogP contribution in [0.1, 0.15) is 32.8 Å². The molecule has 0 amide bonds. The Morgan fingerprint density at radius 3 is 2.50 bits per heavy atom. The van der Waals surface area contributed by atoms with Crippen molar-refractivity contribution in [2.24, 2.45) is 5.41 Å². The minimum Gasteiger partial charge on any atom is -0.464 e. The maximum Gasteiger partial charge on any atom is 0.325 e. The van der Waals surface area contributed by atoms with Crippen LogP contribution in [0.15, 0.2) is 30.3 Å². The molecule has 0 N–H and O–H groups in total. The normalized spacial score (nSPS) is 31.4. The third kappa shape index (κ3) is 1.60. The van der Waals surface area contributed by atoms with E-state index in [-0.39, 0.29) is 6.61 Å². The van der Waals surface area contributed by atoms with Crippen LogP contribution in [-0.2, 0) is 24.5 Å². The Labute approximate surface area is 118 Å². The van der Waals surface area contributed by atoms with Crippen LogP contribution in [0.3, 0.4) is 0 Å². The van der Waals surface area contributed by atoms with Crippen LogP contribution in [0.25, 0.3) is 0 Å². The van der Waals surface area contributed by atoms with Gasteiger partial charge in [-0.3, -0.25) is 9.59 Å². The van der Waals surface area contributed by atoms with Crippen LogP contribution in [0.2, 0.25) is 0 Å². The molecule has 0 bridgehead atoms. The number of cyclic esters (lactones) is 1. The number of ether oxygens (including phenoxy) is 2. The lowest BCUT2D eigenvalue weighted by Crippen LogP contribution is -2.36. The van der Waals surface area contributed by atoms with E-state index in [1.54, 1.807) is 20.8 Å². The van der Waals surface area contributed by atoms with Crippen LogP contribution in [0.4, 0.5) is 0 Å². The van der Waals surface area contributed by atoms with Crippen molar-refractivity contribution in [3.05, 3.63) is 35.9 Å². The summed E-state index contributed by atoms with van der Waals surface area (Å²) in [6.07, 6.45) is 0.484. The quantitative estimate of drug-likeness (QED) is 0.613. The van der Waals surface area contributed by atoms with Crippen molar-refractivity contribution in [3.8, 4) is 0 Å². The van der Waals surface area contributed by atoms with Crippen molar-refractivity contribution in [2.75, 3.05) is 6.61 Å². The third-order valence-corrected chi connectivity index (χ3v) is 4.13. The molecular weight excluding hydrogens is 256 g/mol. The SMILES string of the molecule is CC(C)(C)OC(=O)[C@]12CC1(c1ccccc1)COC2=O. The van der Waals surface area contributed by atoms with Gasteiger partial charge < -0.3 is 9.47 Å². The van der Waals surface area contributed by atoms with Gasteiger partial charge >= 0.3 is 11.9 Å². The number of carbonyl (C=O) groups is 2. The van der Waals surface area contributed by atoms with Gasteiger partial charge in [0.1, 0.15) is 12.2 Å². The van der Waals surface area contributed by atoms with Gasteiger partial charge in [-0.25, -0.2) is 0 Å². The maximum atomic E-state index is 12.5. The third-order valence-electron chi connectivity index (χ3n) is 4.13. The molecule has 0 aromatic heterocycles. The molecule has 1 heterocycles. The molecule has 106 valence electrons. The molecule has 0 spiro atoms. The molecule has 1 unspecified atom stereocenters. The zero-order chi connectivity index (χ0) is 14.6. The highest BCUT2D eigenvalue weighted by Crippen LogP contribution is 2.69. The molecule has 2 atom stereocenters. The molecule has 1 aliphatic heterocycles. The summed E-state index contributed by atoms with van der Waals surface area (Å²) in [5.41, 5.74) is -1.31. The van der Waals surface area contributed by atoms with E-state index < -0.39 is 28.4 Å². The Kier molecular flexibility index (Phi) is 2.53. The summed E-state index contributed by atoms with van der Waals surface area (Å²) in [7, 11) is 0. The summed E-state index contributed by atoms with van der Waals surface area (Å²) in [6.45, 7) is 5.66. The Balaban J connectivity index is 1.97. The number of esters is 2. The smallest absolute Gasteiger partial charge is 0.325 e. The molecule has 0 radical (unpaired) electrons. The van der Waals surface area contributed by atoms with E-state index in [2.05, 4.69) is 0 Å². The molecule has 1 aromatic carbocycles. The van der Waals surface area contributed by atoms with Gasteiger partial charge in [-0.15, -0.1) is 0 Å². The molecule has 2 aliphatic rings. The van der Waals surface area contributed by atoms with Gasteiger partial charge in [0.05, 0.1) is 5.41 Å². The Morgan fingerprint density at radius 1 is 1.25 bits per heavy atom. The van der Waals surface area contributed by atoms with Crippen LogP contribution in [-0.4, -0.2) is 24.1 Å². The first-order chi connectivity index (χ1) is 9.32. The molecule has 1 saturated carbocycles. The first kappa shape index (κ1) is 13.2. The molecule has 2 fully saturated rings. The van der Waals surface area contributed by atoms with E-state index in [1.807, 2.05) is 30.3 Å². The van der Waals surface area contributed by atoms with Crippen molar-refractivity contribution in [3.63, 3.8) is 0 Å². The van der Waals surface area contributed by atoms with Crippen LogP contribution in [0, 0.1) is 5.41 Å². The maximum absolute atomic E-state index is 12.5. The van der Waals surface area contributed by atoms with Crippen molar-refractivity contribution >= 4 is 11.9 Å². The lowest BCUT2D eigenvalue weighted by Gasteiger charge is -2.22. The van der Waals surface area contributed by atoms with Gasteiger partial charge in [0.15, 0.2) is 5.41 Å². The minimum atomic E-state index is -1.14. The average Bonchev–Trinajstić information content (AvgIpc) is 2.99. The van der Waals surface area contributed by atoms with Gasteiger partial charge in [0, 0.05) is 0 Å². The van der Waals surface area contributed by atoms with Gasteiger partial charge in [0.2, 0.25) is 0 Å². The van der Waals surface area contributed by atoms with Gasteiger partial charge in [-0.05, 0) is 32.8 Å². The Morgan fingerprint density at radius 2 is 1.90 bits per heavy atom. The lowest BCUT2D eigenvalue weighted by molar-refractivity contribution is -0.168. The summed E-state index contributed by atoms with van der Waals surface area (Å²) in [4.78, 5) is 24.6. The van der Waals surface area contributed by atoms with Crippen LogP contribution < -0.4 is 0 Å². The molecule has 1 aromatic rings. The van der Waals surface area contributed by atoms with Crippen molar-refractivity contribution < 1.29 is 19.1 Å². The van der Waals surface area contributed by atoms with Crippen molar-refractivity contribution in [2.45, 2.75) is 38.2 Å². The Hall–Kier alpha value is -1.84. The fourth-order valence-corrected chi connectivity index (χ4v) is 3.07. The second-order valence-corrected chi connectivity index (χ2v) is 6.61. The summed E-state index contributed by atoms with van der Waals surface area (Å²) in [5, 5.41) is 0. The zero-order valence-corrected chi connectivity index (χ0v) is 11.9. The fraction of sp³-hybridized carbons (Fsp3) is 0.500. The van der Waals surface area contributed by atoms with Gasteiger partial charge in [-0.1, -0.05) is 30.3 Å². The molecule has 3 rings (SSSR count). The first-order valence-electron chi connectivity index (χ1n) is 6.78. The highest BCUT2D eigenvalue weighted by atomic mass is 16.6. The summed E-state index contributed by atoms with van der Waals surface area (Å²) in [6, 6.07) is 9.60. The van der Waals surface area contributed by atoms with Crippen molar-refractivity contribution in [1.82, 2.24) is 0 Å². The summed E-state index contributed by atoms with van der Waals surface area (Å²) >= 11 is 0. The fourth-order valence-electron chi connectivity index (χ4n) is 3.07. The number of carbonyl (C=O) groups excluding carboxylic acids is 2. The van der Waals surface area contributed by atoms with Crippen molar-refractivity contribution in [1.29, 1.82) is 0 Å². The number of hydrogen-bond acceptors (Lipinski definition) is 4. The second kappa shape index (κ2) is 3.84. The predicted molar refractivity (Wildman–Crippen MR) is 72.0 cm³/mol. The van der Waals surface area contributed by atoms with Crippen LogP contribution in [0.5, 0.6) is 0 Å². The molecule has 1 saturated heterocycles. The number of benzene rings is 1. The number of rotatable bonds is 2. The summed E-state index contributed by atoms with van der Waals surface area (Å²) in [5.74, 6) is -0.910. The monoisotopic (exact) mass is 274 g/mol. The second-order valence-electron chi connectivity index (χ2n) is 6.61. The predicted octanol–water partition coefficient (Wildman–Crippen LogP) is 2.21. The van der Waals surface area contributed by atoms with Gasteiger partial charge in [0.25, 0.3) is 0 Å². The highest BCUT2D eigenvalue weighted by molar-refractivity contribution is 6.08. The van der Waals surface area contributed by atoms with E-state index >= 15 is 0 Å². The minimum absolute atomic E-state index is 0.259. The number of hydrogen-bond donors (Lipinski definition) is 0. The topological polar surface area (TPSA) is 52.6 Å². The summed E-state index contributed by atoms with van der Waals surface area (Å²) < 4.78 is 10.6. The molecular formula is C16H18O4. The van der Waals surface area contributed by atoms with E-state index in [0.29, 0.717) is 6.42 Å². The van der Waals surface area contributed by atoms with Crippen LogP contribution >= 0.6 is 0 Å². The molecule has 20 heavy (non-hydrogen) atoms. The zero-order valence-electron chi connectivity index (χ0n) is 11.9. The molecule has 4 nitrogen and oxygen atoms in total. The largest absolute Gasteiger partial charge is 0.464 e. The Bertz CT molecular complexity index is 572. The van der Waals surface area contributed by atoms with E-state index in [4.69, 9.17) is 9.47 Å². The van der Waals surface area contributed by atoms with E-state index in [9.17, 15) is 9.59 Å². The number of fused-ring (bicyclic) bond motifs is 1. The lowest BCUT2D eigenvalue weighted by atomic mass is 9.88. The van der Waals surface area contributed by atoms with Gasteiger partial charge in [-0.2, -0.15) is 0 Å². The average molecular weight is 274 g/mol.